The monoisotopic (exact) mass is 345 g/mol. The Kier molecular flexibility index (Phi) is 3.76. The number of hydrogen-bond acceptors (Lipinski definition) is 2. The molecule has 1 amide bonds. The lowest BCUT2D eigenvalue weighted by molar-refractivity contribution is 0.0921. The zero-order valence-electron chi connectivity index (χ0n) is 15.4. The van der Waals surface area contributed by atoms with E-state index in [-0.39, 0.29) is 16.9 Å². The first kappa shape index (κ1) is 16.6. The summed E-state index contributed by atoms with van der Waals surface area (Å²) in [7, 11) is 0. The van der Waals surface area contributed by atoms with Crippen molar-refractivity contribution >= 4 is 11.6 Å². The predicted molar refractivity (Wildman–Crippen MR) is 104 cm³/mol. The summed E-state index contributed by atoms with van der Waals surface area (Å²) in [5.74, 6) is 0.277. The van der Waals surface area contributed by atoms with E-state index >= 15 is 0 Å². The summed E-state index contributed by atoms with van der Waals surface area (Å²) in [6, 6.07) is 22.3. The molecule has 0 saturated carbocycles. The van der Waals surface area contributed by atoms with Gasteiger partial charge < -0.3 is 4.42 Å². The standard InChI is InChI=1S/C23H23NO2/c1-22(2)16-23(3,17-10-5-4-6-11-17)18-12-7-8-13-19(18)24(22)21(25)20-14-9-15-26-20/h4-15H,16H2,1-3H3/t23-/m1/s1. The Morgan fingerprint density at radius 2 is 1.62 bits per heavy atom. The Balaban J connectivity index is 1.91. The molecule has 2 aromatic carbocycles. The molecule has 3 heteroatoms. The van der Waals surface area contributed by atoms with Crippen LogP contribution in [-0.4, -0.2) is 11.4 Å². The summed E-state index contributed by atoms with van der Waals surface area (Å²) in [6.07, 6.45) is 2.37. The lowest BCUT2D eigenvalue weighted by Gasteiger charge is -2.51. The van der Waals surface area contributed by atoms with Crippen LogP contribution in [0.3, 0.4) is 0 Å². The van der Waals surface area contributed by atoms with Crippen molar-refractivity contribution in [3.8, 4) is 0 Å². The van der Waals surface area contributed by atoms with Gasteiger partial charge in [-0.2, -0.15) is 0 Å². The van der Waals surface area contributed by atoms with Gasteiger partial charge in [0, 0.05) is 16.6 Å². The zero-order valence-corrected chi connectivity index (χ0v) is 15.4. The molecule has 3 aromatic rings. The Morgan fingerprint density at radius 3 is 2.31 bits per heavy atom. The second-order valence-electron chi connectivity index (χ2n) is 7.82. The number of rotatable bonds is 2. The average molecular weight is 345 g/mol. The van der Waals surface area contributed by atoms with Gasteiger partial charge in [-0.15, -0.1) is 0 Å². The molecule has 0 fully saturated rings. The lowest BCUT2D eigenvalue weighted by atomic mass is 9.65. The quantitative estimate of drug-likeness (QED) is 0.622. The van der Waals surface area contributed by atoms with Crippen LogP contribution < -0.4 is 4.90 Å². The van der Waals surface area contributed by atoms with Gasteiger partial charge in [0.1, 0.15) is 0 Å². The van der Waals surface area contributed by atoms with Crippen LogP contribution in [0.2, 0.25) is 0 Å². The van der Waals surface area contributed by atoms with E-state index in [4.69, 9.17) is 4.42 Å². The van der Waals surface area contributed by atoms with Crippen molar-refractivity contribution in [2.45, 2.75) is 38.1 Å². The van der Waals surface area contributed by atoms with Crippen molar-refractivity contribution in [3.63, 3.8) is 0 Å². The maximum atomic E-state index is 13.2. The van der Waals surface area contributed by atoms with Gasteiger partial charge >= 0.3 is 0 Å². The molecule has 0 aliphatic carbocycles. The van der Waals surface area contributed by atoms with Crippen LogP contribution in [0.5, 0.6) is 0 Å². The van der Waals surface area contributed by atoms with Gasteiger partial charge in [-0.1, -0.05) is 55.5 Å². The van der Waals surface area contributed by atoms with Crippen molar-refractivity contribution < 1.29 is 9.21 Å². The number of nitrogens with zero attached hydrogens (tertiary/aromatic N) is 1. The molecule has 132 valence electrons. The van der Waals surface area contributed by atoms with Crippen molar-refractivity contribution in [2.24, 2.45) is 0 Å². The topological polar surface area (TPSA) is 33.5 Å². The summed E-state index contributed by atoms with van der Waals surface area (Å²) >= 11 is 0. The maximum absolute atomic E-state index is 13.2. The van der Waals surface area contributed by atoms with Gasteiger partial charge in [0.15, 0.2) is 5.76 Å². The van der Waals surface area contributed by atoms with E-state index in [1.165, 1.54) is 11.1 Å². The van der Waals surface area contributed by atoms with E-state index in [0.29, 0.717) is 5.76 Å². The number of furan rings is 1. The highest BCUT2D eigenvalue weighted by Crippen LogP contribution is 2.50. The fourth-order valence-electron chi connectivity index (χ4n) is 4.46. The van der Waals surface area contributed by atoms with Crippen molar-refractivity contribution in [1.29, 1.82) is 0 Å². The van der Waals surface area contributed by atoms with Crippen molar-refractivity contribution in [3.05, 3.63) is 89.9 Å². The lowest BCUT2D eigenvalue weighted by Crippen LogP contribution is -2.55. The van der Waals surface area contributed by atoms with Gasteiger partial charge in [0.05, 0.1) is 6.26 Å². The SMILES string of the molecule is CC1(C)C[C@](C)(c2ccccc2)c2ccccc2N1C(=O)c1ccco1. The highest BCUT2D eigenvalue weighted by molar-refractivity contribution is 6.06. The number of carbonyl (C=O) groups is 1. The Morgan fingerprint density at radius 1 is 0.923 bits per heavy atom. The van der Waals surface area contributed by atoms with E-state index in [0.717, 1.165) is 12.1 Å². The van der Waals surface area contributed by atoms with Gasteiger partial charge in [0.2, 0.25) is 0 Å². The summed E-state index contributed by atoms with van der Waals surface area (Å²) in [5, 5.41) is 0. The molecular formula is C23H23NO2. The van der Waals surface area contributed by atoms with Crippen LogP contribution in [0, 0.1) is 0 Å². The third kappa shape index (κ3) is 2.47. The molecule has 1 aliphatic rings. The van der Waals surface area contributed by atoms with Gasteiger partial charge in [0.25, 0.3) is 5.91 Å². The summed E-state index contributed by atoms with van der Waals surface area (Å²) in [6.45, 7) is 6.54. The first-order valence-electron chi connectivity index (χ1n) is 8.97. The first-order chi connectivity index (χ1) is 12.4. The first-order valence-corrected chi connectivity index (χ1v) is 8.97. The molecule has 3 nitrogen and oxygen atoms in total. The zero-order chi connectivity index (χ0) is 18.4. The van der Waals surface area contributed by atoms with Crippen LogP contribution in [0.15, 0.2) is 77.4 Å². The number of carbonyl (C=O) groups excluding carboxylic acids is 1. The summed E-state index contributed by atoms with van der Waals surface area (Å²) < 4.78 is 5.40. The highest BCUT2D eigenvalue weighted by atomic mass is 16.3. The predicted octanol–water partition coefficient (Wildman–Crippen LogP) is 5.41. The molecule has 0 bridgehead atoms. The van der Waals surface area contributed by atoms with E-state index < -0.39 is 0 Å². The van der Waals surface area contributed by atoms with Gasteiger partial charge in [-0.05, 0) is 49.6 Å². The maximum Gasteiger partial charge on any atom is 0.294 e. The van der Waals surface area contributed by atoms with Crippen LogP contribution >= 0.6 is 0 Å². The normalized spacial score (nSPS) is 21.3. The van der Waals surface area contributed by atoms with E-state index in [1.807, 2.05) is 29.2 Å². The molecule has 0 radical (unpaired) electrons. The van der Waals surface area contributed by atoms with Gasteiger partial charge in [-0.3, -0.25) is 9.69 Å². The number of benzene rings is 2. The molecule has 1 atom stereocenters. The summed E-state index contributed by atoms with van der Waals surface area (Å²) in [4.78, 5) is 15.1. The second kappa shape index (κ2) is 5.87. The second-order valence-corrected chi connectivity index (χ2v) is 7.82. The molecule has 0 N–H and O–H groups in total. The minimum absolute atomic E-state index is 0.0949. The third-order valence-electron chi connectivity index (χ3n) is 5.48. The molecule has 2 heterocycles. The Labute approximate surface area is 154 Å². The number of amides is 1. The molecule has 0 spiro atoms. The highest BCUT2D eigenvalue weighted by Gasteiger charge is 2.48. The minimum Gasteiger partial charge on any atom is -0.459 e. The van der Waals surface area contributed by atoms with Gasteiger partial charge in [-0.25, -0.2) is 0 Å². The van der Waals surface area contributed by atoms with Crippen molar-refractivity contribution in [1.82, 2.24) is 0 Å². The number of hydrogen-bond donors (Lipinski definition) is 0. The Bertz CT molecular complexity index is 928. The number of fused-ring (bicyclic) bond motifs is 1. The van der Waals surface area contributed by atoms with Crippen LogP contribution in [0.4, 0.5) is 5.69 Å². The van der Waals surface area contributed by atoms with E-state index in [1.54, 1.807) is 18.4 Å². The molecule has 1 aromatic heterocycles. The molecule has 1 aliphatic heterocycles. The van der Waals surface area contributed by atoms with E-state index in [2.05, 4.69) is 51.1 Å². The summed E-state index contributed by atoms with van der Waals surface area (Å²) in [5.41, 5.74) is 2.87. The molecule has 0 unspecified atom stereocenters. The molecule has 26 heavy (non-hydrogen) atoms. The minimum atomic E-state index is -0.358. The molecular weight excluding hydrogens is 322 g/mol. The van der Waals surface area contributed by atoms with Crippen LogP contribution in [0.25, 0.3) is 0 Å². The number of para-hydroxylation sites is 1. The number of anilines is 1. The van der Waals surface area contributed by atoms with Crippen molar-refractivity contribution in [2.75, 3.05) is 4.90 Å². The smallest absolute Gasteiger partial charge is 0.294 e. The van der Waals surface area contributed by atoms with Crippen LogP contribution in [-0.2, 0) is 5.41 Å². The fraction of sp³-hybridized carbons (Fsp3) is 0.261. The third-order valence-corrected chi connectivity index (χ3v) is 5.48. The fourth-order valence-corrected chi connectivity index (χ4v) is 4.46. The van der Waals surface area contributed by atoms with Crippen LogP contribution in [0.1, 0.15) is 48.9 Å². The Hall–Kier alpha value is -2.81. The molecule has 4 rings (SSSR count). The van der Waals surface area contributed by atoms with E-state index in [9.17, 15) is 4.79 Å². The average Bonchev–Trinajstić information content (AvgIpc) is 3.16. The largest absolute Gasteiger partial charge is 0.459 e. The molecule has 0 saturated heterocycles.